The maximum absolute atomic E-state index is 13.0. The molecule has 1 aromatic heterocycles. The fourth-order valence-electron chi connectivity index (χ4n) is 3.50. The van der Waals surface area contributed by atoms with Crippen LogP contribution in [-0.4, -0.2) is 29.2 Å². The third-order valence-corrected chi connectivity index (χ3v) is 7.99. The molecule has 1 atom stereocenters. The lowest BCUT2D eigenvalue weighted by Crippen LogP contribution is -2.24. The smallest absolute Gasteiger partial charge is 0.257 e. The number of halogens is 2. The summed E-state index contributed by atoms with van der Waals surface area (Å²) in [4.78, 5) is 31.1. The van der Waals surface area contributed by atoms with Crippen molar-refractivity contribution in [3.63, 3.8) is 0 Å². The van der Waals surface area contributed by atoms with Crippen molar-refractivity contribution in [3.05, 3.63) is 87.7 Å². The molecule has 0 aliphatic heterocycles. The van der Waals surface area contributed by atoms with Crippen LogP contribution in [0.3, 0.4) is 0 Å². The number of benzene rings is 3. The van der Waals surface area contributed by atoms with Gasteiger partial charge in [-0.1, -0.05) is 48.3 Å². The van der Waals surface area contributed by atoms with Gasteiger partial charge < -0.3 is 15.4 Å². The highest BCUT2D eigenvalue weighted by Crippen LogP contribution is 2.33. The Kier molecular flexibility index (Phi) is 9.10. The van der Waals surface area contributed by atoms with E-state index in [4.69, 9.17) is 27.9 Å². The van der Waals surface area contributed by atoms with Crippen LogP contribution < -0.4 is 15.4 Å². The highest BCUT2D eigenvalue weighted by molar-refractivity contribution is 8.00. The lowest BCUT2D eigenvalue weighted by atomic mass is 10.1. The first-order valence-electron chi connectivity index (χ1n) is 11.3. The largest absolute Gasteiger partial charge is 0.496 e. The number of carbonyl (C=O) groups is 2. The number of para-hydroxylation sites is 1. The van der Waals surface area contributed by atoms with Gasteiger partial charge in [-0.3, -0.25) is 9.59 Å². The topological polar surface area (TPSA) is 80.3 Å². The number of nitrogens with one attached hydrogen (secondary N) is 2. The summed E-state index contributed by atoms with van der Waals surface area (Å²) in [7, 11) is 1.62. The van der Waals surface area contributed by atoms with Crippen LogP contribution in [0.4, 0.5) is 10.8 Å². The Hall–Kier alpha value is -3.04. The van der Waals surface area contributed by atoms with E-state index < -0.39 is 0 Å². The van der Waals surface area contributed by atoms with Gasteiger partial charge >= 0.3 is 0 Å². The third-order valence-electron chi connectivity index (χ3n) is 5.33. The Balaban J connectivity index is 1.41. The summed E-state index contributed by atoms with van der Waals surface area (Å²) in [6.45, 7) is 1.95. The molecule has 4 rings (SSSR count). The molecule has 0 saturated carbocycles. The normalized spacial score (nSPS) is 11.6. The minimum atomic E-state index is -0.352. The zero-order valence-electron chi connectivity index (χ0n) is 20.0. The fraction of sp³-hybridized carbons (Fsp3) is 0.148. The Morgan fingerprint density at radius 3 is 2.62 bits per heavy atom. The van der Waals surface area contributed by atoms with E-state index in [1.54, 1.807) is 25.3 Å². The second kappa shape index (κ2) is 12.5. The molecule has 0 fully saturated rings. The summed E-state index contributed by atoms with van der Waals surface area (Å²) in [5.74, 6) is 0.233. The fourth-order valence-corrected chi connectivity index (χ4v) is 5.72. The Labute approximate surface area is 233 Å². The molecular formula is C27H23Cl2N3O3S2. The first-order valence-corrected chi connectivity index (χ1v) is 13.8. The molecule has 0 bridgehead atoms. The average Bonchev–Trinajstić information content (AvgIpc) is 3.35. The number of thiazole rings is 1. The number of thioether (sulfide) groups is 1. The number of methoxy groups -OCH3 is 1. The van der Waals surface area contributed by atoms with Gasteiger partial charge in [-0.05, 0) is 55.0 Å². The van der Waals surface area contributed by atoms with Gasteiger partial charge in [0, 0.05) is 26.5 Å². The molecule has 37 heavy (non-hydrogen) atoms. The number of rotatable bonds is 9. The standard InChI is InChI=1S/C27H23Cl2N3O3S2/c1-3-24(26(34)32-27-31-22(15-36-27)20-9-4-5-10-23(20)35-2)37-18-8-6-7-17(14-18)30-25(33)19-12-11-16(28)13-21(19)29/h4-15,24H,3H2,1-2H3,(H,30,33)(H,31,32,34). The van der Waals surface area contributed by atoms with Gasteiger partial charge in [-0.25, -0.2) is 4.98 Å². The number of hydrogen-bond acceptors (Lipinski definition) is 6. The zero-order chi connectivity index (χ0) is 26.4. The molecule has 0 radical (unpaired) electrons. The number of anilines is 2. The van der Waals surface area contributed by atoms with E-state index in [0.717, 1.165) is 21.9 Å². The van der Waals surface area contributed by atoms with Crippen LogP contribution in [0, 0.1) is 0 Å². The predicted molar refractivity (Wildman–Crippen MR) is 154 cm³/mol. The van der Waals surface area contributed by atoms with Crippen molar-refractivity contribution in [1.29, 1.82) is 0 Å². The predicted octanol–water partition coefficient (Wildman–Crippen LogP) is 7.89. The van der Waals surface area contributed by atoms with E-state index in [0.29, 0.717) is 27.8 Å². The second-order valence-electron chi connectivity index (χ2n) is 7.85. The van der Waals surface area contributed by atoms with Crippen LogP contribution in [0.2, 0.25) is 10.0 Å². The van der Waals surface area contributed by atoms with Gasteiger partial charge in [0.05, 0.1) is 28.6 Å². The van der Waals surface area contributed by atoms with Crippen LogP contribution in [0.1, 0.15) is 23.7 Å². The van der Waals surface area contributed by atoms with Gasteiger partial charge in [-0.15, -0.1) is 23.1 Å². The SMILES string of the molecule is CCC(Sc1cccc(NC(=O)c2ccc(Cl)cc2Cl)c1)C(=O)Nc1nc(-c2ccccc2OC)cs1. The molecule has 6 nitrogen and oxygen atoms in total. The molecule has 2 amide bonds. The third kappa shape index (κ3) is 6.84. The van der Waals surface area contributed by atoms with E-state index in [2.05, 4.69) is 15.6 Å². The first-order chi connectivity index (χ1) is 17.9. The molecule has 4 aromatic rings. The van der Waals surface area contributed by atoms with Crippen molar-refractivity contribution < 1.29 is 14.3 Å². The quantitative estimate of drug-likeness (QED) is 0.200. The Morgan fingerprint density at radius 2 is 1.86 bits per heavy atom. The van der Waals surface area contributed by atoms with E-state index in [9.17, 15) is 9.59 Å². The van der Waals surface area contributed by atoms with Gasteiger partial charge in [0.15, 0.2) is 5.13 Å². The minimum absolute atomic E-state index is 0.143. The van der Waals surface area contributed by atoms with Gasteiger partial charge in [0.25, 0.3) is 5.91 Å². The van der Waals surface area contributed by atoms with Crippen molar-refractivity contribution >= 4 is 68.9 Å². The van der Waals surface area contributed by atoms with E-state index >= 15 is 0 Å². The van der Waals surface area contributed by atoms with Crippen molar-refractivity contribution in [2.24, 2.45) is 0 Å². The summed E-state index contributed by atoms with van der Waals surface area (Å²) >= 11 is 14.9. The van der Waals surface area contributed by atoms with Crippen LogP contribution in [0.15, 0.2) is 77.0 Å². The molecule has 0 spiro atoms. The maximum Gasteiger partial charge on any atom is 0.257 e. The summed E-state index contributed by atoms with van der Waals surface area (Å²) in [5, 5.41) is 8.57. The molecule has 1 unspecified atom stereocenters. The summed E-state index contributed by atoms with van der Waals surface area (Å²) in [6.07, 6.45) is 0.609. The number of ether oxygens (including phenoxy) is 1. The van der Waals surface area contributed by atoms with Gasteiger partial charge in [0.2, 0.25) is 5.91 Å². The highest BCUT2D eigenvalue weighted by Gasteiger charge is 2.20. The van der Waals surface area contributed by atoms with Crippen molar-refractivity contribution in [2.45, 2.75) is 23.5 Å². The highest BCUT2D eigenvalue weighted by atomic mass is 35.5. The van der Waals surface area contributed by atoms with Gasteiger partial charge in [-0.2, -0.15) is 0 Å². The molecule has 0 aliphatic rings. The monoisotopic (exact) mass is 571 g/mol. The van der Waals surface area contributed by atoms with Crippen LogP contribution in [0.5, 0.6) is 5.75 Å². The van der Waals surface area contributed by atoms with Gasteiger partial charge in [0.1, 0.15) is 5.75 Å². The molecular weight excluding hydrogens is 549 g/mol. The lowest BCUT2D eigenvalue weighted by molar-refractivity contribution is -0.115. The van der Waals surface area contributed by atoms with Crippen LogP contribution >= 0.6 is 46.3 Å². The summed E-state index contributed by atoms with van der Waals surface area (Å²) in [6, 6.07) is 19.7. The van der Waals surface area contributed by atoms with Crippen molar-refractivity contribution in [3.8, 4) is 17.0 Å². The summed E-state index contributed by atoms with van der Waals surface area (Å²) < 4.78 is 5.42. The average molecular weight is 573 g/mol. The van der Waals surface area contributed by atoms with Crippen LogP contribution in [-0.2, 0) is 4.79 Å². The van der Waals surface area contributed by atoms with E-state index in [-0.39, 0.29) is 22.1 Å². The lowest BCUT2D eigenvalue weighted by Gasteiger charge is -2.14. The second-order valence-corrected chi connectivity index (χ2v) is 10.8. The maximum atomic E-state index is 13.0. The van der Waals surface area contributed by atoms with E-state index in [1.165, 1.54) is 29.2 Å². The number of carbonyl (C=O) groups excluding carboxylic acids is 2. The molecule has 2 N–H and O–H groups in total. The molecule has 0 aliphatic carbocycles. The summed E-state index contributed by atoms with van der Waals surface area (Å²) in [5.41, 5.74) is 2.52. The molecule has 190 valence electrons. The van der Waals surface area contributed by atoms with Crippen molar-refractivity contribution in [2.75, 3.05) is 17.7 Å². The number of amides is 2. The number of aromatic nitrogens is 1. The van der Waals surface area contributed by atoms with Crippen LogP contribution in [0.25, 0.3) is 11.3 Å². The van der Waals surface area contributed by atoms with Crippen molar-refractivity contribution in [1.82, 2.24) is 4.98 Å². The number of hydrogen-bond donors (Lipinski definition) is 2. The number of nitrogens with zero attached hydrogens (tertiary/aromatic N) is 1. The first kappa shape index (κ1) is 27.0. The zero-order valence-corrected chi connectivity index (χ0v) is 23.1. The van der Waals surface area contributed by atoms with E-state index in [1.807, 2.05) is 54.8 Å². The Bertz CT molecular complexity index is 1430. The minimum Gasteiger partial charge on any atom is -0.496 e. The molecule has 0 saturated heterocycles. The molecule has 1 heterocycles. The Morgan fingerprint density at radius 1 is 1.05 bits per heavy atom. The molecule has 3 aromatic carbocycles. The molecule has 10 heteroatoms.